The fourth-order valence-electron chi connectivity index (χ4n) is 8.57. The predicted octanol–water partition coefficient (Wildman–Crippen LogP) is 8.55. The summed E-state index contributed by atoms with van der Waals surface area (Å²) in [5.74, 6) is -0.258. The van der Waals surface area contributed by atoms with Gasteiger partial charge in [0.25, 0.3) is 0 Å². The first-order valence-electron chi connectivity index (χ1n) is 27.8. The Kier molecular flexibility index (Phi) is 39.4. The summed E-state index contributed by atoms with van der Waals surface area (Å²) >= 11 is 0. The summed E-state index contributed by atoms with van der Waals surface area (Å²) in [6, 6.07) is -0.934. The second-order valence-corrected chi connectivity index (χ2v) is 19.3. The Morgan fingerprint density at radius 3 is 1.53 bits per heavy atom. The number of carbonyl (C=O) groups is 1. The maximum Gasteiger partial charge on any atom is 0.220 e. The van der Waals surface area contributed by atoms with E-state index in [1.807, 2.05) is 6.08 Å². The number of carbonyl (C=O) groups excluding carboxylic acids is 1. The third-order valence-corrected chi connectivity index (χ3v) is 13.1. The van der Waals surface area contributed by atoms with Gasteiger partial charge in [0.05, 0.1) is 32.0 Å². The molecule has 2 heterocycles. The Hall–Kier alpha value is -2.83. The second kappa shape index (κ2) is 43.4. The number of ether oxygens (including phenoxy) is 4. The van der Waals surface area contributed by atoms with Gasteiger partial charge in [-0.3, -0.25) is 4.79 Å². The van der Waals surface area contributed by atoms with Crippen LogP contribution in [0, 0.1) is 0 Å². The lowest BCUT2D eigenvalue weighted by atomic mass is 9.97. The minimum absolute atomic E-state index is 0.258. The first-order valence-corrected chi connectivity index (χ1v) is 27.8. The van der Waals surface area contributed by atoms with Gasteiger partial charge in [0.1, 0.15) is 48.8 Å². The predicted molar refractivity (Wildman–Crippen MR) is 286 cm³/mol. The van der Waals surface area contributed by atoms with Crippen molar-refractivity contribution >= 4 is 5.91 Å². The molecule has 12 atom stereocenters. The molecular formula is C58H99NO13. The third kappa shape index (κ3) is 29.3. The van der Waals surface area contributed by atoms with Crippen LogP contribution >= 0.6 is 0 Å². The summed E-state index contributed by atoms with van der Waals surface area (Å²) in [5.41, 5.74) is 0. The molecule has 2 fully saturated rings. The zero-order valence-corrected chi connectivity index (χ0v) is 44.1. The molecule has 0 radical (unpaired) electrons. The van der Waals surface area contributed by atoms with Crippen molar-refractivity contribution in [3.05, 3.63) is 85.1 Å². The molecular weight excluding hydrogens is 919 g/mol. The number of allylic oxidation sites excluding steroid dienone is 13. The number of hydrogen-bond donors (Lipinski definition) is 9. The molecule has 2 aliphatic heterocycles. The summed E-state index contributed by atoms with van der Waals surface area (Å²) in [6.45, 7) is 2.58. The largest absolute Gasteiger partial charge is 0.394 e. The number of amides is 1. The SMILES string of the molecule is CC/C=C\C/C=C\C/C=C\C/C=C\C/C=C\CCCCCCCCCCCCCCCC(=O)NC(COC1OC(CO)C(OC2OC(CO)C(O)C(O)C2O)C(O)C1O)C(O)/C=C/CC/C=C/CCCCC. The summed E-state index contributed by atoms with van der Waals surface area (Å²) in [5, 5.41) is 86.6. The van der Waals surface area contributed by atoms with Crippen LogP contribution in [0.5, 0.6) is 0 Å². The van der Waals surface area contributed by atoms with Crippen LogP contribution in [0.1, 0.15) is 181 Å². The Balaban J connectivity index is 1.68. The fraction of sp³-hybridized carbons (Fsp3) is 0.741. The highest BCUT2D eigenvalue weighted by molar-refractivity contribution is 5.76. The molecule has 2 saturated heterocycles. The lowest BCUT2D eigenvalue weighted by Crippen LogP contribution is -2.65. The van der Waals surface area contributed by atoms with E-state index in [0.717, 1.165) is 77.0 Å². The van der Waals surface area contributed by atoms with Gasteiger partial charge < -0.3 is 65.1 Å². The summed E-state index contributed by atoms with van der Waals surface area (Å²) in [7, 11) is 0. The molecule has 0 aromatic carbocycles. The molecule has 72 heavy (non-hydrogen) atoms. The van der Waals surface area contributed by atoms with E-state index >= 15 is 0 Å². The first-order chi connectivity index (χ1) is 35.1. The molecule has 0 aromatic heterocycles. The molecule has 1 amide bonds. The minimum Gasteiger partial charge on any atom is -0.394 e. The van der Waals surface area contributed by atoms with Crippen molar-refractivity contribution in [2.75, 3.05) is 19.8 Å². The number of aliphatic hydroxyl groups is 8. The van der Waals surface area contributed by atoms with Crippen molar-refractivity contribution in [1.82, 2.24) is 5.32 Å². The van der Waals surface area contributed by atoms with E-state index in [2.05, 4.69) is 92.1 Å². The number of rotatable bonds is 42. The molecule has 414 valence electrons. The highest BCUT2D eigenvalue weighted by Crippen LogP contribution is 2.30. The van der Waals surface area contributed by atoms with Gasteiger partial charge in [-0.2, -0.15) is 0 Å². The van der Waals surface area contributed by atoms with Gasteiger partial charge in [-0.1, -0.05) is 182 Å². The molecule has 0 bridgehead atoms. The zero-order chi connectivity index (χ0) is 52.4. The fourth-order valence-corrected chi connectivity index (χ4v) is 8.57. The van der Waals surface area contributed by atoms with Crippen LogP contribution in [-0.2, 0) is 23.7 Å². The van der Waals surface area contributed by atoms with E-state index in [4.69, 9.17) is 18.9 Å². The van der Waals surface area contributed by atoms with Gasteiger partial charge in [0, 0.05) is 6.42 Å². The van der Waals surface area contributed by atoms with E-state index < -0.39 is 86.8 Å². The van der Waals surface area contributed by atoms with Gasteiger partial charge in [-0.25, -0.2) is 0 Å². The molecule has 0 saturated carbocycles. The molecule has 2 rings (SSSR count). The average Bonchev–Trinajstić information content (AvgIpc) is 3.38. The van der Waals surface area contributed by atoms with Crippen molar-refractivity contribution < 1.29 is 64.6 Å². The molecule has 0 aromatic rings. The standard InChI is InChI=1S/C58H99NO13/c1-3-5-7-9-11-13-14-15-16-17-18-19-20-21-22-23-24-25-26-27-28-29-30-31-32-34-36-38-40-42-50(63)59-46(47(62)41-39-37-35-33-12-10-8-6-4-2)45-69-57-55(68)53(66)56(49(44-61)71-57)72-58-54(67)52(65)51(64)48(43-60)70-58/h5,7,11-13,15-16,18-19,21-22,33,39,41,46-49,51-58,60-62,64-68H,3-4,6,8-10,14,17,20,23-32,34-38,40,42-45H2,1-2H3,(H,59,63)/b7-5-,13-11-,16-15-,19-18-,22-21-,33-12+,41-39+. The van der Waals surface area contributed by atoms with Gasteiger partial charge in [0.2, 0.25) is 5.91 Å². The maximum absolute atomic E-state index is 13.2. The summed E-state index contributed by atoms with van der Waals surface area (Å²) in [6.07, 6.45) is 40.8. The first kappa shape index (κ1) is 65.3. The Bertz CT molecular complexity index is 1530. The lowest BCUT2D eigenvalue weighted by Gasteiger charge is -2.46. The van der Waals surface area contributed by atoms with Crippen LogP contribution in [0.2, 0.25) is 0 Å². The minimum atomic E-state index is -1.79. The van der Waals surface area contributed by atoms with Gasteiger partial charge in [0.15, 0.2) is 12.6 Å². The van der Waals surface area contributed by atoms with Crippen LogP contribution in [0.4, 0.5) is 0 Å². The quantitative estimate of drug-likeness (QED) is 0.0207. The molecule has 14 heteroatoms. The normalized spacial score (nSPS) is 26.2. The lowest BCUT2D eigenvalue weighted by molar-refractivity contribution is -0.359. The van der Waals surface area contributed by atoms with Crippen molar-refractivity contribution in [1.29, 1.82) is 0 Å². The van der Waals surface area contributed by atoms with E-state index in [9.17, 15) is 45.6 Å². The zero-order valence-electron chi connectivity index (χ0n) is 44.1. The molecule has 14 nitrogen and oxygen atoms in total. The van der Waals surface area contributed by atoms with Gasteiger partial charge in [-0.15, -0.1) is 0 Å². The molecule has 12 unspecified atom stereocenters. The topological polar surface area (TPSA) is 228 Å². The van der Waals surface area contributed by atoms with Gasteiger partial charge >= 0.3 is 0 Å². The molecule has 2 aliphatic rings. The van der Waals surface area contributed by atoms with Crippen molar-refractivity contribution in [2.24, 2.45) is 0 Å². The summed E-state index contributed by atoms with van der Waals surface area (Å²) in [4.78, 5) is 13.2. The Labute approximate surface area is 433 Å². The molecule has 0 spiro atoms. The Morgan fingerprint density at radius 1 is 0.514 bits per heavy atom. The van der Waals surface area contributed by atoms with Crippen molar-refractivity contribution in [3.8, 4) is 0 Å². The highest BCUT2D eigenvalue weighted by Gasteiger charge is 2.51. The molecule has 0 aliphatic carbocycles. The third-order valence-electron chi connectivity index (χ3n) is 13.1. The van der Waals surface area contributed by atoms with E-state index in [1.165, 1.54) is 70.6 Å². The second-order valence-electron chi connectivity index (χ2n) is 19.3. The van der Waals surface area contributed by atoms with Crippen LogP contribution in [0.3, 0.4) is 0 Å². The van der Waals surface area contributed by atoms with Crippen molar-refractivity contribution in [3.63, 3.8) is 0 Å². The van der Waals surface area contributed by atoms with Crippen LogP contribution < -0.4 is 5.32 Å². The maximum atomic E-state index is 13.2. The van der Waals surface area contributed by atoms with E-state index in [1.54, 1.807) is 6.08 Å². The molecule has 9 N–H and O–H groups in total. The van der Waals surface area contributed by atoms with E-state index in [0.29, 0.717) is 12.8 Å². The van der Waals surface area contributed by atoms with E-state index in [-0.39, 0.29) is 18.9 Å². The van der Waals surface area contributed by atoms with Crippen LogP contribution in [-0.4, -0.2) is 140 Å². The van der Waals surface area contributed by atoms with Gasteiger partial charge in [-0.05, 0) is 77.0 Å². The highest BCUT2D eigenvalue weighted by atomic mass is 16.7. The van der Waals surface area contributed by atoms with Crippen LogP contribution in [0.25, 0.3) is 0 Å². The number of aliphatic hydroxyl groups excluding tert-OH is 8. The summed E-state index contributed by atoms with van der Waals surface area (Å²) < 4.78 is 22.6. The number of hydrogen-bond acceptors (Lipinski definition) is 13. The number of unbranched alkanes of at least 4 members (excludes halogenated alkanes) is 17. The van der Waals surface area contributed by atoms with Crippen molar-refractivity contribution in [2.45, 2.75) is 254 Å². The Morgan fingerprint density at radius 2 is 0.972 bits per heavy atom. The monoisotopic (exact) mass is 1020 g/mol. The smallest absolute Gasteiger partial charge is 0.220 e. The van der Waals surface area contributed by atoms with Crippen LogP contribution in [0.15, 0.2) is 85.1 Å². The number of nitrogens with one attached hydrogen (secondary N) is 1. The average molecular weight is 1020 g/mol.